The molecule has 0 unspecified atom stereocenters. The summed E-state index contributed by atoms with van der Waals surface area (Å²) in [6.07, 6.45) is 4.10. The van der Waals surface area contributed by atoms with Gasteiger partial charge >= 0.3 is 5.97 Å². The van der Waals surface area contributed by atoms with Crippen LogP contribution in [0, 0.1) is 11.3 Å². The first-order valence-electron chi connectivity index (χ1n) is 4.79. The van der Waals surface area contributed by atoms with Crippen LogP contribution in [-0.4, -0.2) is 16.1 Å². The molecule has 0 aliphatic heterocycles. The number of aromatic carboxylic acids is 1. The van der Waals surface area contributed by atoms with Gasteiger partial charge in [-0.1, -0.05) is 0 Å². The van der Waals surface area contributed by atoms with Crippen LogP contribution in [0.3, 0.4) is 0 Å². The van der Waals surface area contributed by atoms with E-state index in [9.17, 15) is 4.79 Å². The van der Waals surface area contributed by atoms with Crippen molar-refractivity contribution < 1.29 is 9.90 Å². The third kappa shape index (κ3) is 1.46. The topological polar surface area (TPSA) is 74.0 Å². The summed E-state index contributed by atoms with van der Waals surface area (Å²) in [7, 11) is 0. The molecule has 1 N–H and O–H groups in total. The fraction of sp³-hybridized carbons (Fsp3) is 0.364. The van der Waals surface area contributed by atoms with Crippen LogP contribution >= 0.6 is 0 Å². The fourth-order valence-electron chi connectivity index (χ4n) is 1.84. The molecule has 0 radical (unpaired) electrons. The smallest absolute Gasteiger partial charge is 0.354 e. The van der Waals surface area contributed by atoms with Gasteiger partial charge in [-0.25, -0.2) is 9.78 Å². The molecule has 1 aromatic rings. The lowest BCUT2D eigenvalue weighted by Gasteiger charge is -2.35. The normalized spacial score (nSPS) is 17.5. The molecule has 1 aromatic heterocycles. The summed E-state index contributed by atoms with van der Waals surface area (Å²) >= 11 is 0. The maximum atomic E-state index is 10.7. The zero-order valence-corrected chi connectivity index (χ0v) is 8.10. The molecule has 76 valence electrons. The van der Waals surface area contributed by atoms with E-state index >= 15 is 0 Å². The molecule has 0 bridgehead atoms. The Balaban J connectivity index is 2.41. The largest absolute Gasteiger partial charge is 0.477 e. The number of hydrogen-bond acceptors (Lipinski definition) is 3. The summed E-state index contributed by atoms with van der Waals surface area (Å²) in [4.78, 5) is 14.5. The van der Waals surface area contributed by atoms with E-state index in [1.807, 2.05) is 0 Å². The van der Waals surface area contributed by atoms with Crippen molar-refractivity contribution in [2.45, 2.75) is 24.7 Å². The molecule has 1 aliphatic rings. The summed E-state index contributed by atoms with van der Waals surface area (Å²) in [5, 5.41) is 17.9. The molecule has 0 spiro atoms. The van der Waals surface area contributed by atoms with Gasteiger partial charge in [-0.2, -0.15) is 5.26 Å². The highest BCUT2D eigenvalue weighted by Gasteiger charge is 2.39. The molecule has 4 heteroatoms. The Morgan fingerprint density at radius 1 is 1.60 bits per heavy atom. The predicted octanol–water partition coefficient (Wildman–Crippen LogP) is 1.73. The molecule has 15 heavy (non-hydrogen) atoms. The zero-order chi connectivity index (χ0) is 10.9. The number of nitrogens with zero attached hydrogens (tertiary/aromatic N) is 2. The molecule has 1 heterocycles. The number of rotatable bonds is 2. The molecular formula is C11H10N2O2. The summed E-state index contributed by atoms with van der Waals surface area (Å²) in [5.74, 6) is -1.05. The Hall–Kier alpha value is -1.89. The third-order valence-electron chi connectivity index (χ3n) is 2.95. The first-order chi connectivity index (χ1) is 7.18. The third-order valence-corrected chi connectivity index (χ3v) is 2.95. The molecule has 4 nitrogen and oxygen atoms in total. The quantitative estimate of drug-likeness (QED) is 0.792. The maximum absolute atomic E-state index is 10.7. The predicted molar refractivity (Wildman–Crippen MR) is 52.3 cm³/mol. The van der Waals surface area contributed by atoms with Crippen molar-refractivity contribution in [1.82, 2.24) is 4.98 Å². The molecule has 0 aromatic carbocycles. The lowest BCUT2D eigenvalue weighted by atomic mass is 9.66. The number of nitriles is 1. The van der Waals surface area contributed by atoms with Gasteiger partial charge in [-0.3, -0.25) is 0 Å². The van der Waals surface area contributed by atoms with Crippen LogP contribution in [0.1, 0.15) is 35.3 Å². The van der Waals surface area contributed by atoms with Gasteiger partial charge in [0.25, 0.3) is 0 Å². The van der Waals surface area contributed by atoms with Crippen LogP contribution in [0.2, 0.25) is 0 Å². The van der Waals surface area contributed by atoms with Crippen molar-refractivity contribution in [3.63, 3.8) is 0 Å². The summed E-state index contributed by atoms with van der Waals surface area (Å²) < 4.78 is 0. The van der Waals surface area contributed by atoms with Crippen molar-refractivity contribution in [3.8, 4) is 6.07 Å². The second kappa shape index (κ2) is 3.35. The van der Waals surface area contributed by atoms with E-state index in [-0.39, 0.29) is 5.69 Å². The van der Waals surface area contributed by atoms with E-state index in [1.165, 1.54) is 12.3 Å². The van der Waals surface area contributed by atoms with Crippen LogP contribution < -0.4 is 0 Å². The van der Waals surface area contributed by atoms with E-state index in [2.05, 4.69) is 11.1 Å². The van der Waals surface area contributed by atoms with Gasteiger partial charge in [0, 0.05) is 6.20 Å². The molecule has 0 saturated heterocycles. The number of carboxylic acids is 1. The highest BCUT2D eigenvalue weighted by molar-refractivity contribution is 5.85. The second-order valence-corrected chi connectivity index (χ2v) is 3.78. The fourth-order valence-corrected chi connectivity index (χ4v) is 1.84. The highest BCUT2D eigenvalue weighted by Crippen LogP contribution is 2.42. The summed E-state index contributed by atoms with van der Waals surface area (Å²) in [5.41, 5.74) is 0.324. The number of carbonyl (C=O) groups is 1. The molecule has 1 fully saturated rings. The van der Waals surface area contributed by atoms with Gasteiger partial charge < -0.3 is 5.11 Å². The second-order valence-electron chi connectivity index (χ2n) is 3.78. The minimum atomic E-state index is -1.05. The Labute approximate surface area is 87.2 Å². The molecule has 1 aliphatic carbocycles. The van der Waals surface area contributed by atoms with E-state index in [0.717, 1.165) is 24.8 Å². The van der Waals surface area contributed by atoms with E-state index in [4.69, 9.17) is 10.4 Å². The Morgan fingerprint density at radius 2 is 2.33 bits per heavy atom. The van der Waals surface area contributed by atoms with Crippen LogP contribution in [-0.2, 0) is 5.41 Å². The first kappa shape index (κ1) is 9.66. The van der Waals surface area contributed by atoms with Gasteiger partial charge in [-0.15, -0.1) is 0 Å². The zero-order valence-electron chi connectivity index (χ0n) is 8.10. The average Bonchev–Trinajstić information content (AvgIpc) is 2.17. The number of pyridine rings is 1. The summed E-state index contributed by atoms with van der Waals surface area (Å²) in [6.45, 7) is 0. The Morgan fingerprint density at radius 3 is 2.80 bits per heavy atom. The maximum Gasteiger partial charge on any atom is 0.354 e. The van der Waals surface area contributed by atoms with Gasteiger partial charge in [-0.05, 0) is 37.0 Å². The first-order valence-corrected chi connectivity index (χ1v) is 4.79. The van der Waals surface area contributed by atoms with Crippen LogP contribution in [0.25, 0.3) is 0 Å². The van der Waals surface area contributed by atoms with Gasteiger partial charge in [0.1, 0.15) is 5.69 Å². The lowest BCUT2D eigenvalue weighted by molar-refractivity contribution is 0.0690. The molecular weight excluding hydrogens is 192 g/mol. The lowest BCUT2D eigenvalue weighted by Crippen LogP contribution is -2.32. The average molecular weight is 202 g/mol. The monoisotopic (exact) mass is 202 g/mol. The Bertz CT molecular complexity index is 444. The van der Waals surface area contributed by atoms with Crippen LogP contribution in [0.4, 0.5) is 0 Å². The summed E-state index contributed by atoms with van der Waals surface area (Å²) in [6, 6.07) is 5.51. The van der Waals surface area contributed by atoms with E-state index in [1.54, 1.807) is 6.07 Å². The number of carboxylic acid groups (broad SMARTS) is 1. The number of hydrogen-bond donors (Lipinski definition) is 1. The minimum Gasteiger partial charge on any atom is -0.477 e. The number of aromatic nitrogens is 1. The van der Waals surface area contributed by atoms with Crippen LogP contribution in [0.15, 0.2) is 18.3 Å². The molecule has 1 saturated carbocycles. The molecule has 0 amide bonds. The SMILES string of the molecule is N#CC1(c2ccnc(C(=O)O)c2)CCC1. The Kier molecular flexibility index (Phi) is 2.16. The molecule has 0 atom stereocenters. The van der Waals surface area contributed by atoms with Crippen molar-refractivity contribution >= 4 is 5.97 Å². The standard InChI is InChI=1S/C11H10N2O2/c12-7-11(3-1-4-11)8-2-5-13-9(6-8)10(14)15/h2,5-6H,1,3-4H2,(H,14,15). The van der Waals surface area contributed by atoms with E-state index < -0.39 is 11.4 Å². The van der Waals surface area contributed by atoms with Gasteiger partial charge in [0.05, 0.1) is 11.5 Å². The van der Waals surface area contributed by atoms with Crippen molar-refractivity contribution in [3.05, 3.63) is 29.6 Å². The van der Waals surface area contributed by atoms with E-state index in [0.29, 0.717) is 0 Å². The van der Waals surface area contributed by atoms with Crippen molar-refractivity contribution in [2.75, 3.05) is 0 Å². The van der Waals surface area contributed by atoms with Gasteiger partial charge in [0.2, 0.25) is 0 Å². The van der Waals surface area contributed by atoms with Crippen molar-refractivity contribution in [1.29, 1.82) is 5.26 Å². The van der Waals surface area contributed by atoms with Crippen molar-refractivity contribution in [2.24, 2.45) is 0 Å². The van der Waals surface area contributed by atoms with Gasteiger partial charge in [0.15, 0.2) is 0 Å². The molecule has 2 rings (SSSR count). The minimum absolute atomic E-state index is 0.00836. The highest BCUT2D eigenvalue weighted by atomic mass is 16.4. The van der Waals surface area contributed by atoms with Crippen LogP contribution in [0.5, 0.6) is 0 Å².